The Balaban J connectivity index is 2.77. The zero-order valence-electron chi connectivity index (χ0n) is 8.64. The van der Waals surface area contributed by atoms with E-state index in [1.165, 1.54) is 0 Å². The first kappa shape index (κ1) is 10.0. The molecule has 0 radical (unpaired) electrons. The van der Waals surface area contributed by atoms with Crippen LogP contribution in [0, 0.1) is 0 Å². The lowest BCUT2D eigenvalue weighted by molar-refractivity contribution is -0.556. The normalized spacial score (nSPS) is 25.0. The van der Waals surface area contributed by atoms with Crippen molar-refractivity contribution >= 4 is 0 Å². The van der Waals surface area contributed by atoms with Crippen molar-refractivity contribution < 1.29 is 9.78 Å². The SMILES string of the molecule is CCC1(CC)OOC1(CC)CC. The van der Waals surface area contributed by atoms with E-state index >= 15 is 0 Å². The Labute approximate surface area is 75.2 Å². The van der Waals surface area contributed by atoms with Crippen molar-refractivity contribution in [1.29, 1.82) is 0 Å². The Kier molecular flexibility index (Phi) is 2.79. The van der Waals surface area contributed by atoms with Crippen molar-refractivity contribution in [2.45, 2.75) is 64.6 Å². The lowest BCUT2D eigenvalue weighted by Gasteiger charge is -2.55. The van der Waals surface area contributed by atoms with Gasteiger partial charge in [0.2, 0.25) is 0 Å². The van der Waals surface area contributed by atoms with Gasteiger partial charge in [0.1, 0.15) is 11.2 Å². The Morgan fingerprint density at radius 1 is 0.667 bits per heavy atom. The molecule has 0 amide bonds. The van der Waals surface area contributed by atoms with Crippen LogP contribution in [0.2, 0.25) is 0 Å². The van der Waals surface area contributed by atoms with Crippen molar-refractivity contribution in [2.75, 3.05) is 0 Å². The summed E-state index contributed by atoms with van der Waals surface area (Å²) in [4.78, 5) is 10.6. The van der Waals surface area contributed by atoms with E-state index in [-0.39, 0.29) is 11.2 Å². The third kappa shape index (κ3) is 1.01. The lowest BCUT2D eigenvalue weighted by Crippen LogP contribution is -2.65. The van der Waals surface area contributed by atoms with Crippen LogP contribution in [0.5, 0.6) is 0 Å². The van der Waals surface area contributed by atoms with Crippen molar-refractivity contribution in [1.82, 2.24) is 0 Å². The van der Waals surface area contributed by atoms with Crippen LogP contribution in [0.15, 0.2) is 0 Å². The van der Waals surface area contributed by atoms with E-state index in [1.54, 1.807) is 0 Å². The van der Waals surface area contributed by atoms with Gasteiger partial charge in [-0.25, -0.2) is 9.78 Å². The first-order valence-electron chi connectivity index (χ1n) is 5.07. The van der Waals surface area contributed by atoms with Crippen LogP contribution in [0.25, 0.3) is 0 Å². The predicted molar refractivity (Wildman–Crippen MR) is 48.8 cm³/mol. The molecule has 12 heavy (non-hydrogen) atoms. The molecule has 0 aromatic rings. The maximum Gasteiger partial charge on any atom is 0.135 e. The van der Waals surface area contributed by atoms with E-state index in [0.717, 1.165) is 25.7 Å². The highest BCUT2D eigenvalue weighted by molar-refractivity contribution is 5.02. The van der Waals surface area contributed by atoms with Crippen LogP contribution in [0.1, 0.15) is 53.4 Å². The summed E-state index contributed by atoms with van der Waals surface area (Å²) in [6.45, 7) is 8.69. The van der Waals surface area contributed by atoms with E-state index in [0.29, 0.717) is 0 Å². The van der Waals surface area contributed by atoms with Gasteiger partial charge in [0.25, 0.3) is 0 Å². The molecule has 0 atom stereocenters. The molecule has 1 saturated heterocycles. The number of hydrogen-bond acceptors (Lipinski definition) is 2. The van der Waals surface area contributed by atoms with Gasteiger partial charge in [-0.3, -0.25) is 0 Å². The average Bonchev–Trinajstić information content (AvgIpc) is 2.08. The van der Waals surface area contributed by atoms with Crippen LogP contribution in [0.4, 0.5) is 0 Å². The molecule has 1 fully saturated rings. The number of hydrogen-bond donors (Lipinski definition) is 0. The molecule has 0 spiro atoms. The van der Waals surface area contributed by atoms with Gasteiger partial charge in [0.05, 0.1) is 0 Å². The van der Waals surface area contributed by atoms with Crippen molar-refractivity contribution in [3.05, 3.63) is 0 Å². The Morgan fingerprint density at radius 2 is 0.917 bits per heavy atom. The summed E-state index contributed by atoms with van der Waals surface area (Å²) in [5, 5.41) is 0. The minimum absolute atomic E-state index is 0.00347. The summed E-state index contributed by atoms with van der Waals surface area (Å²) < 4.78 is 0. The molecule has 0 N–H and O–H groups in total. The highest BCUT2D eigenvalue weighted by Gasteiger charge is 2.59. The first-order chi connectivity index (χ1) is 5.70. The van der Waals surface area contributed by atoms with E-state index in [2.05, 4.69) is 27.7 Å². The lowest BCUT2D eigenvalue weighted by atomic mass is 9.73. The van der Waals surface area contributed by atoms with Gasteiger partial charge in [-0.2, -0.15) is 0 Å². The molecule has 2 heteroatoms. The first-order valence-corrected chi connectivity index (χ1v) is 5.07. The van der Waals surface area contributed by atoms with Crippen LogP contribution in [-0.4, -0.2) is 11.2 Å². The predicted octanol–water partition coefficient (Wildman–Crippen LogP) is 3.07. The largest absolute Gasteiger partial charge is 0.226 e. The second-order valence-corrected chi connectivity index (χ2v) is 3.57. The Morgan fingerprint density at radius 3 is 1.00 bits per heavy atom. The van der Waals surface area contributed by atoms with Crippen LogP contribution in [-0.2, 0) is 9.78 Å². The third-order valence-electron chi connectivity index (χ3n) is 3.48. The molecular weight excluding hydrogens is 152 g/mol. The van der Waals surface area contributed by atoms with Gasteiger partial charge in [0.15, 0.2) is 0 Å². The molecule has 1 rings (SSSR count). The quantitative estimate of drug-likeness (QED) is 0.607. The van der Waals surface area contributed by atoms with E-state index in [1.807, 2.05) is 0 Å². The van der Waals surface area contributed by atoms with Gasteiger partial charge >= 0.3 is 0 Å². The molecule has 0 unspecified atom stereocenters. The van der Waals surface area contributed by atoms with Gasteiger partial charge < -0.3 is 0 Å². The third-order valence-corrected chi connectivity index (χ3v) is 3.48. The Hall–Kier alpha value is -0.0800. The fraction of sp³-hybridized carbons (Fsp3) is 1.00. The van der Waals surface area contributed by atoms with Crippen molar-refractivity contribution in [2.24, 2.45) is 0 Å². The molecule has 0 saturated carbocycles. The van der Waals surface area contributed by atoms with E-state index in [4.69, 9.17) is 9.78 Å². The van der Waals surface area contributed by atoms with Crippen LogP contribution < -0.4 is 0 Å². The molecule has 1 aliphatic heterocycles. The molecule has 1 heterocycles. The summed E-state index contributed by atoms with van der Waals surface area (Å²) >= 11 is 0. The second kappa shape index (κ2) is 3.35. The summed E-state index contributed by atoms with van der Waals surface area (Å²) in [5.41, 5.74) is -0.00694. The van der Waals surface area contributed by atoms with E-state index < -0.39 is 0 Å². The van der Waals surface area contributed by atoms with Gasteiger partial charge in [0, 0.05) is 0 Å². The Bertz CT molecular complexity index is 117. The van der Waals surface area contributed by atoms with E-state index in [9.17, 15) is 0 Å². The summed E-state index contributed by atoms with van der Waals surface area (Å²) in [6.07, 6.45) is 4.19. The van der Waals surface area contributed by atoms with Crippen LogP contribution >= 0.6 is 0 Å². The number of rotatable bonds is 4. The maximum absolute atomic E-state index is 5.31. The van der Waals surface area contributed by atoms with Crippen molar-refractivity contribution in [3.8, 4) is 0 Å². The summed E-state index contributed by atoms with van der Waals surface area (Å²) in [7, 11) is 0. The zero-order valence-corrected chi connectivity index (χ0v) is 8.64. The topological polar surface area (TPSA) is 18.5 Å². The highest BCUT2D eigenvalue weighted by atomic mass is 17.3. The van der Waals surface area contributed by atoms with Gasteiger partial charge in [-0.05, 0) is 25.7 Å². The molecule has 0 aliphatic carbocycles. The molecule has 72 valence electrons. The second-order valence-electron chi connectivity index (χ2n) is 3.57. The maximum atomic E-state index is 5.31. The molecular formula is C10H20O2. The highest BCUT2D eigenvalue weighted by Crippen LogP contribution is 2.49. The minimum atomic E-state index is -0.00347. The molecule has 0 aromatic carbocycles. The van der Waals surface area contributed by atoms with Gasteiger partial charge in [-0.15, -0.1) is 0 Å². The molecule has 0 aromatic heterocycles. The zero-order chi connectivity index (χ0) is 9.24. The monoisotopic (exact) mass is 172 g/mol. The fourth-order valence-electron chi connectivity index (χ4n) is 2.30. The standard InChI is InChI=1S/C10H20O2/c1-5-9(6-2)10(7-3,8-4)12-11-9/h5-8H2,1-4H3. The van der Waals surface area contributed by atoms with Crippen molar-refractivity contribution in [3.63, 3.8) is 0 Å². The minimum Gasteiger partial charge on any atom is -0.226 e. The van der Waals surface area contributed by atoms with Crippen LogP contribution in [0.3, 0.4) is 0 Å². The summed E-state index contributed by atoms with van der Waals surface area (Å²) in [6, 6.07) is 0. The van der Waals surface area contributed by atoms with Gasteiger partial charge in [-0.1, -0.05) is 27.7 Å². The average molecular weight is 172 g/mol. The molecule has 0 bridgehead atoms. The fourth-order valence-corrected chi connectivity index (χ4v) is 2.30. The molecule has 2 nitrogen and oxygen atoms in total. The molecule has 1 aliphatic rings. The summed E-state index contributed by atoms with van der Waals surface area (Å²) in [5.74, 6) is 0. The smallest absolute Gasteiger partial charge is 0.135 e.